The maximum absolute atomic E-state index is 13.0. The normalized spacial score (nSPS) is 12.2. The van der Waals surface area contributed by atoms with Gasteiger partial charge in [0, 0.05) is 19.7 Å². The lowest BCUT2D eigenvalue weighted by Crippen LogP contribution is -2.27. The molecule has 0 radical (unpaired) electrons. The lowest BCUT2D eigenvalue weighted by Gasteiger charge is -2.21. The Kier molecular flexibility index (Phi) is 6.06. The van der Waals surface area contributed by atoms with Crippen molar-refractivity contribution in [2.75, 3.05) is 34.0 Å². The van der Waals surface area contributed by atoms with E-state index in [1.165, 1.54) is 24.1 Å². The zero-order valence-electron chi connectivity index (χ0n) is 16.5. The van der Waals surface area contributed by atoms with Crippen LogP contribution in [-0.2, 0) is 6.54 Å². The minimum atomic E-state index is -0.608. The highest BCUT2D eigenvalue weighted by molar-refractivity contribution is 5.99. The van der Waals surface area contributed by atoms with Gasteiger partial charge >= 0.3 is 0 Å². The Morgan fingerprint density at radius 2 is 1.90 bits per heavy atom. The smallest absolute Gasteiger partial charge is 0.286 e. The van der Waals surface area contributed by atoms with Crippen LogP contribution in [0.4, 0.5) is 5.69 Å². The maximum atomic E-state index is 13.0. The third kappa shape index (κ3) is 4.34. The number of nitro groups is 1. The van der Waals surface area contributed by atoms with Crippen molar-refractivity contribution in [2.24, 2.45) is 0 Å². The van der Waals surface area contributed by atoms with Gasteiger partial charge in [-0.2, -0.15) is 0 Å². The quantitative estimate of drug-likeness (QED) is 0.518. The van der Waals surface area contributed by atoms with E-state index in [4.69, 9.17) is 18.9 Å². The largest absolute Gasteiger partial charge is 0.493 e. The summed E-state index contributed by atoms with van der Waals surface area (Å²) in [5, 5.41) is 11.5. The number of nitrogens with zero attached hydrogens (tertiary/aromatic N) is 2. The number of benzene rings is 2. The number of amides is 1. The van der Waals surface area contributed by atoms with Gasteiger partial charge in [0.15, 0.2) is 23.0 Å². The Labute approximate surface area is 167 Å². The first kappa shape index (κ1) is 20.2. The number of rotatable bonds is 7. The highest BCUT2D eigenvalue weighted by Crippen LogP contribution is 2.36. The number of carbonyl (C=O) groups excluding carboxylic acids is 1. The van der Waals surface area contributed by atoms with Crippen LogP contribution in [0.2, 0.25) is 0 Å². The molecule has 2 aromatic carbocycles. The Hall–Kier alpha value is -3.49. The number of nitro benzene ring substituents is 1. The van der Waals surface area contributed by atoms with Crippen LogP contribution < -0.4 is 18.9 Å². The van der Waals surface area contributed by atoms with Crippen molar-refractivity contribution in [1.82, 2.24) is 4.90 Å². The Balaban J connectivity index is 1.88. The predicted molar refractivity (Wildman–Crippen MR) is 104 cm³/mol. The number of carbonyl (C=O) groups is 1. The standard InChI is InChI=1S/C20H22N2O7/c1-4-27-19-10-14(15(22(24)25)11-17(19)26-3)20(23)21(2)12-13-5-6-16-18(9-13)29-8-7-28-16/h5-6,9-11H,4,7-8,12H2,1-3H3. The van der Waals surface area contributed by atoms with Crippen LogP contribution in [-0.4, -0.2) is 49.7 Å². The van der Waals surface area contributed by atoms with Crippen LogP contribution in [0.25, 0.3) is 0 Å². The number of hydrogen-bond acceptors (Lipinski definition) is 7. The van der Waals surface area contributed by atoms with Crippen molar-refractivity contribution in [1.29, 1.82) is 0 Å². The van der Waals surface area contributed by atoms with Gasteiger partial charge in [0.25, 0.3) is 11.6 Å². The van der Waals surface area contributed by atoms with E-state index in [1.807, 2.05) is 6.07 Å². The van der Waals surface area contributed by atoms with Crippen molar-refractivity contribution < 1.29 is 28.7 Å². The Morgan fingerprint density at radius 1 is 1.17 bits per heavy atom. The molecule has 0 saturated carbocycles. The van der Waals surface area contributed by atoms with Crippen LogP contribution in [0.1, 0.15) is 22.8 Å². The molecule has 1 aliphatic heterocycles. The summed E-state index contributed by atoms with van der Waals surface area (Å²) in [4.78, 5) is 25.3. The molecular weight excluding hydrogens is 380 g/mol. The summed E-state index contributed by atoms with van der Waals surface area (Å²) in [7, 11) is 2.96. The second-order valence-corrected chi connectivity index (χ2v) is 6.35. The Bertz CT molecular complexity index is 929. The van der Waals surface area contributed by atoms with Gasteiger partial charge in [-0.05, 0) is 24.6 Å². The molecule has 0 spiro atoms. The molecule has 9 nitrogen and oxygen atoms in total. The van der Waals surface area contributed by atoms with Gasteiger partial charge < -0.3 is 23.8 Å². The number of hydrogen-bond donors (Lipinski definition) is 0. The third-order valence-electron chi connectivity index (χ3n) is 4.38. The zero-order chi connectivity index (χ0) is 21.0. The van der Waals surface area contributed by atoms with Crippen molar-refractivity contribution in [3.63, 3.8) is 0 Å². The molecule has 1 heterocycles. The van der Waals surface area contributed by atoms with Crippen molar-refractivity contribution >= 4 is 11.6 Å². The molecule has 2 aromatic rings. The van der Waals surface area contributed by atoms with Crippen LogP contribution in [0, 0.1) is 10.1 Å². The van der Waals surface area contributed by atoms with Gasteiger partial charge in [0.1, 0.15) is 18.8 Å². The summed E-state index contributed by atoms with van der Waals surface area (Å²) in [6.45, 7) is 3.30. The molecule has 0 atom stereocenters. The first-order chi connectivity index (χ1) is 13.9. The molecule has 1 amide bonds. The number of fused-ring (bicyclic) bond motifs is 1. The van der Waals surface area contributed by atoms with Crippen LogP contribution in [0.3, 0.4) is 0 Å². The van der Waals surface area contributed by atoms with E-state index in [-0.39, 0.29) is 29.3 Å². The van der Waals surface area contributed by atoms with Gasteiger partial charge in [0.05, 0.1) is 24.7 Å². The average molecular weight is 402 g/mol. The van der Waals surface area contributed by atoms with E-state index in [2.05, 4.69) is 0 Å². The molecular formula is C20H22N2O7. The molecule has 0 saturated heterocycles. The lowest BCUT2D eigenvalue weighted by molar-refractivity contribution is -0.385. The summed E-state index contributed by atoms with van der Waals surface area (Å²) < 4.78 is 21.7. The number of ether oxygens (including phenoxy) is 4. The highest BCUT2D eigenvalue weighted by atomic mass is 16.6. The SMILES string of the molecule is CCOc1cc(C(=O)N(C)Cc2ccc3c(c2)OCCO3)c([N+](=O)[O-])cc1OC. The fourth-order valence-electron chi connectivity index (χ4n) is 3.04. The molecule has 0 aromatic heterocycles. The number of methoxy groups -OCH3 is 1. The van der Waals surface area contributed by atoms with Crippen LogP contribution in [0.5, 0.6) is 23.0 Å². The first-order valence-electron chi connectivity index (χ1n) is 9.07. The third-order valence-corrected chi connectivity index (χ3v) is 4.38. The summed E-state index contributed by atoms with van der Waals surface area (Å²) in [5.41, 5.74) is 0.398. The molecule has 0 N–H and O–H groups in total. The van der Waals surface area contributed by atoms with Gasteiger partial charge in [-0.1, -0.05) is 6.07 Å². The fourth-order valence-corrected chi connectivity index (χ4v) is 3.04. The average Bonchev–Trinajstić information content (AvgIpc) is 2.72. The minimum Gasteiger partial charge on any atom is -0.493 e. The van der Waals surface area contributed by atoms with E-state index in [0.717, 1.165) is 5.56 Å². The second kappa shape index (κ2) is 8.68. The minimum absolute atomic E-state index is 0.0701. The first-order valence-corrected chi connectivity index (χ1v) is 9.07. The summed E-state index contributed by atoms with van der Waals surface area (Å²) in [5.74, 6) is 1.24. The fraction of sp³-hybridized carbons (Fsp3) is 0.350. The second-order valence-electron chi connectivity index (χ2n) is 6.35. The predicted octanol–water partition coefficient (Wildman–Crippen LogP) is 3.05. The molecule has 9 heteroatoms. The summed E-state index contributed by atoms with van der Waals surface area (Å²) in [6.07, 6.45) is 0. The molecule has 0 fully saturated rings. The molecule has 29 heavy (non-hydrogen) atoms. The van der Waals surface area contributed by atoms with Gasteiger partial charge in [-0.25, -0.2) is 0 Å². The zero-order valence-corrected chi connectivity index (χ0v) is 16.5. The van der Waals surface area contributed by atoms with Crippen molar-refractivity contribution in [3.05, 3.63) is 51.6 Å². The maximum Gasteiger partial charge on any atom is 0.286 e. The lowest BCUT2D eigenvalue weighted by atomic mass is 10.1. The van der Waals surface area contributed by atoms with Crippen LogP contribution in [0.15, 0.2) is 30.3 Å². The molecule has 1 aliphatic rings. The summed E-state index contributed by atoms with van der Waals surface area (Å²) in [6, 6.07) is 7.96. The highest BCUT2D eigenvalue weighted by Gasteiger charge is 2.27. The van der Waals surface area contributed by atoms with E-state index in [0.29, 0.717) is 31.3 Å². The van der Waals surface area contributed by atoms with Crippen LogP contribution >= 0.6 is 0 Å². The molecule has 3 rings (SSSR count). The molecule has 0 bridgehead atoms. The van der Waals surface area contributed by atoms with Crippen molar-refractivity contribution in [3.8, 4) is 23.0 Å². The van der Waals surface area contributed by atoms with E-state index in [9.17, 15) is 14.9 Å². The summed E-state index contributed by atoms with van der Waals surface area (Å²) >= 11 is 0. The topological polar surface area (TPSA) is 100 Å². The van der Waals surface area contributed by atoms with E-state index in [1.54, 1.807) is 26.1 Å². The van der Waals surface area contributed by atoms with Gasteiger partial charge in [-0.15, -0.1) is 0 Å². The van der Waals surface area contributed by atoms with Gasteiger partial charge in [-0.3, -0.25) is 14.9 Å². The molecule has 154 valence electrons. The monoisotopic (exact) mass is 402 g/mol. The van der Waals surface area contributed by atoms with E-state index < -0.39 is 10.8 Å². The molecule has 0 aliphatic carbocycles. The van der Waals surface area contributed by atoms with Crippen molar-refractivity contribution in [2.45, 2.75) is 13.5 Å². The van der Waals surface area contributed by atoms with Gasteiger partial charge in [0.2, 0.25) is 0 Å². The molecule has 0 unspecified atom stereocenters. The van der Waals surface area contributed by atoms with E-state index >= 15 is 0 Å². The Morgan fingerprint density at radius 3 is 2.55 bits per heavy atom.